The Hall–Kier alpha value is -1.35. The topological polar surface area (TPSA) is 41.1 Å². The number of carbonyl (C=O) groups excluding carboxylic acids is 1. The van der Waals surface area contributed by atoms with Gasteiger partial charge in [-0.3, -0.25) is 4.79 Å². The summed E-state index contributed by atoms with van der Waals surface area (Å²) in [5.41, 5.74) is 2.63. The molecule has 1 amide bonds. The number of nitrogens with one attached hydrogen (secondary N) is 2. The highest BCUT2D eigenvalue weighted by molar-refractivity contribution is 5.77. The maximum Gasteiger partial charge on any atom is 0.234 e. The highest BCUT2D eigenvalue weighted by Gasteiger charge is 2.14. The number of hydrogen-bond acceptors (Lipinski definition) is 2. The molecule has 2 rings (SSSR count). The number of likely N-dealkylation sites (N-methyl/N-ethyl adjacent to an activating group) is 1. The molecule has 104 valence electrons. The van der Waals surface area contributed by atoms with Gasteiger partial charge in [0.15, 0.2) is 0 Å². The van der Waals surface area contributed by atoms with E-state index < -0.39 is 0 Å². The van der Waals surface area contributed by atoms with Crippen LogP contribution >= 0.6 is 0 Å². The minimum atomic E-state index is 0.0406. The molecular weight excluding hydrogens is 236 g/mol. The van der Waals surface area contributed by atoms with Gasteiger partial charge in [0.25, 0.3) is 0 Å². The van der Waals surface area contributed by atoms with Crippen LogP contribution in [0.15, 0.2) is 24.3 Å². The largest absolute Gasteiger partial charge is 0.351 e. The first kappa shape index (κ1) is 14.1. The lowest BCUT2D eigenvalue weighted by Gasteiger charge is -2.22. The van der Waals surface area contributed by atoms with Gasteiger partial charge in [-0.25, -0.2) is 0 Å². The van der Waals surface area contributed by atoms with Crippen molar-refractivity contribution in [1.82, 2.24) is 10.6 Å². The first-order valence-corrected chi connectivity index (χ1v) is 7.29. The van der Waals surface area contributed by atoms with Crippen molar-refractivity contribution in [3.05, 3.63) is 35.4 Å². The van der Waals surface area contributed by atoms with Crippen LogP contribution in [0.25, 0.3) is 0 Å². The van der Waals surface area contributed by atoms with Gasteiger partial charge in [-0.05, 0) is 36.9 Å². The van der Waals surface area contributed by atoms with Crippen LogP contribution in [-0.4, -0.2) is 19.5 Å². The normalized spacial score (nSPS) is 16.3. The Morgan fingerprint density at radius 1 is 1.16 bits per heavy atom. The first-order chi connectivity index (χ1) is 9.29. The minimum absolute atomic E-state index is 0.0406. The molecule has 1 aliphatic carbocycles. The van der Waals surface area contributed by atoms with Crippen LogP contribution in [0.3, 0.4) is 0 Å². The lowest BCUT2D eigenvalue weighted by molar-refractivity contribution is -0.120. The van der Waals surface area contributed by atoms with Gasteiger partial charge < -0.3 is 10.6 Å². The maximum absolute atomic E-state index is 11.4. The van der Waals surface area contributed by atoms with Crippen molar-refractivity contribution >= 4 is 5.91 Å². The quantitative estimate of drug-likeness (QED) is 0.854. The average Bonchev–Trinajstić information content (AvgIpc) is 2.47. The number of amides is 1. The molecule has 1 fully saturated rings. The molecule has 0 radical (unpaired) electrons. The summed E-state index contributed by atoms with van der Waals surface area (Å²) in [6, 6.07) is 8.75. The maximum atomic E-state index is 11.4. The van der Waals surface area contributed by atoms with Crippen molar-refractivity contribution in [1.29, 1.82) is 0 Å². The summed E-state index contributed by atoms with van der Waals surface area (Å²) in [6.45, 7) is 0.992. The SMILES string of the molecule is CNCC(=O)NCc1ccc(C2CCCCC2)cc1. The van der Waals surface area contributed by atoms with Crippen LogP contribution in [-0.2, 0) is 11.3 Å². The van der Waals surface area contributed by atoms with E-state index in [0.717, 1.165) is 5.92 Å². The first-order valence-electron chi connectivity index (χ1n) is 7.29. The minimum Gasteiger partial charge on any atom is -0.351 e. The summed E-state index contributed by atoms with van der Waals surface area (Å²) < 4.78 is 0. The van der Waals surface area contributed by atoms with E-state index in [2.05, 4.69) is 34.9 Å². The molecule has 1 saturated carbocycles. The molecule has 2 N–H and O–H groups in total. The third-order valence-electron chi connectivity index (χ3n) is 3.88. The van der Waals surface area contributed by atoms with Gasteiger partial charge >= 0.3 is 0 Å². The number of benzene rings is 1. The van der Waals surface area contributed by atoms with E-state index >= 15 is 0 Å². The van der Waals surface area contributed by atoms with Crippen molar-refractivity contribution in [3.63, 3.8) is 0 Å². The van der Waals surface area contributed by atoms with Crippen LogP contribution in [0.4, 0.5) is 0 Å². The molecule has 0 bridgehead atoms. The summed E-state index contributed by atoms with van der Waals surface area (Å²) in [4.78, 5) is 11.4. The molecule has 0 heterocycles. The summed E-state index contributed by atoms with van der Waals surface area (Å²) in [5.74, 6) is 0.792. The van der Waals surface area contributed by atoms with Crippen molar-refractivity contribution in [2.24, 2.45) is 0 Å². The Labute approximate surface area is 115 Å². The summed E-state index contributed by atoms with van der Waals surface area (Å²) in [6.07, 6.45) is 6.79. The fourth-order valence-electron chi connectivity index (χ4n) is 2.77. The lowest BCUT2D eigenvalue weighted by Crippen LogP contribution is -2.31. The number of carbonyl (C=O) groups is 1. The third kappa shape index (κ3) is 4.35. The summed E-state index contributed by atoms with van der Waals surface area (Å²) >= 11 is 0. The van der Waals surface area contributed by atoms with Gasteiger partial charge in [0, 0.05) is 6.54 Å². The van der Waals surface area contributed by atoms with Crippen molar-refractivity contribution in [2.75, 3.05) is 13.6 Å². The van der Waals surface area contributed by atoms with E-state index in [9.17, 15) is 4.79 Å². The Morgan fingerprint density at radius 2 is 1.84 bits per heavy atom. The van der Waals surface area contributed by atoms with E-state index in [4.69, 9.17) is 0 Å². The zero-order valence-corrected chi connectivity index (χ0v) is 11.7. The third-order valence-corrected chi connectivity index (χ3v) is 3.88. The molecular formula is C16H24N2O. The molecule has 1 aliphatic rings. The highest BCUT2D eigenvalue weighted by Crippen LogP contribution is 2.32. The predicted octanol–water partition coefficient (Wildman–Crippen LogP) is 2.57. The Bertz CT molecular complexity index is 394. The Morgan fingerprint density at radius 3 is 2.47 bits per heavy atom. The van der Waals surface area contributed by atoms with Gasteiger partial charge in [0.05, 0.1) is 6.54 Å². The van der Waals surface area contributed by atoms with Crippen molar-refractivity contribution < 1.29 is 4.79 Å². The zero-order chi connectivity index (χ0) is 13.5. The molecule has 0 aromatic heterocycles. The highest BCUT2D eigenvalue weighted by atomic mass is 16.1. The Kier molecular flexibility index (Phi) is 5.40. The fraction of sp³-hybridized carbons (Fsp3) is 0.562. The van der Waals surface area contributed by atoms with Crippen LogP contribution in [0.1, 0.15) is 49.1 Å². The standard InChI is InChI=1S/C16H24N2O/c1-17-12-16(19)18-11-13-7-9-15(10-8-13)14-5-3-2-4-6-14/h7-10,14,17H,2-6,11-12H2,1H3,(H,18,19). The fourth-order valence-corrected chi connectivity index (χ4v) is 2.77. The Balaban J connectivity index is 1.85. The van der Waals surface area contributed by atoms with Gasteiger partial charge in [-0.1, -0.05) is 43.5 Å². The average molecular weight is 260 g/mol. The van der Waals surface area contributed by atoms with Crippen LogP contribution in [0.5, 0.6) is 0 Å². The molecule has 0 spiro atoms. The van der Waals surface area contributed by atoms with Gasteiger partial charge in [-0.2, -0.15) is 0 Å². The second-order valence-electron chi connectivity index (χ2n) is 5.38. The van der Waals surface area contributed by atoms with Crippen LogP contribution < -0.4 is 10.6 Å². The van der Waals surface area contributed by atoms with E-state index in [0.29, 0.717) is 13.1 Å². The molecule has 19 heavy (non-hydrogen) atoms. The van der Waals surface area contributed by atoms with Gasteiger partial charge in [0.2, 0.25) is 5.91 Å². The molecule has 3 heteroatoms. The molecule has 1 aromatic rings. The van der Waals surface area contributed by atoms with Crippen LogP contribution in [0.2, 0.25) is 0 Å². The molecule has 0 saturated heterocycles. The molecule has 1 aromatic carbocycles. The monoisotopic (exact) mass is 260 g/mol. The van der Waals surface area contributed by atoms with E-state index in [-0.39, 0.29) is 5.91 Å². The molecule has 0 atom stereocenters. The number of hydrogen-bond donors (Lipinski definition) is 2. The second-order valence-corrected chi connectivity index (χ2v) is 5.38. The second kappa shape index (κ2) is 7.29. The lowest BCUT2D eigenvalue weighted by atomic mass is 9.84. The van der Waals surface area contributed by atoms with Gasteiger partial charge in [-0.15, -0.1) is 0 Å². The molecule has 3 nitrogen and oxygen atoms in total. The zero-order valence-electron chi connectivity index (χ0n) is 11.7. The summed E-state index contributed by atoms with van der Waals surface area (Å²) in [7, 11) is 1.78. The molecule has 0 aliphatic heterocycles. The smallest absolute Gasteiger partial charge is 0.234 e. The molecule has 0 unspecified atom stereocenters. The van der Waals surface area contributed by atoms with E-state index in [1.807, 2.05) is 0 Å². The number of rotatable bonds is 5. The van der Waals surface area contributed by atoms with E-state index in [1.54, 1.807) is 7.05 Å². The van der Waals surface area contributed by atoms with Crippen LogP contribution in [0, 0.1) is 0 Å². The van der Waals surface area contributed by atoms with Crippen molar-refractivity contribution in [2.45, 2.75) is 44.6 Å². The summed E-state index contributed by atoms with van der Waals surface area (Å²) in [5, 5.41) is 5.74. The van der Waals surface area contributed by atoms with Gasteiger partial charge in [0.1, 0.15) is 0 Å². The predicted molar refractivity (Wildman–Crippen MR) is 78.0 cm³/mol. The van der Waals surface area contributed by atoms with E-state index in [1.165, 1.54) is 43.2 Å². The van der Waals surface area contributed by atoms with Crippen molar-refractivity contribution in [3.8, 4) is 0 Å².